The van der Waals surface area contributed by atoms with E-state index in [2.05, 4.69) is 20.9 Å². The normalized spacial score (nSPS) is 18.0. The SMILES string of the molecule is Nc1cc(C(=O)N2CCCC2c2ccncc2)ccc1Br. The van der Waals surface area contributed by atoms with Crippen molar-refractivity contribution in [3.63, 3.8) is 0 Å². The van der Waals surface area contributed by atoms with Gasteiger partial charge in [-0.1, -0.05) is 0 Å². The zero-order valence-corrected chi connectivity index (χ0v) is 13.1. The summed E-state index contributed by atoms with van der Waals surface area (Å²) in [6.45, 7) is 0.780. The average Bonchev–Trinajstić information content (AvgIpc) is 2.99. The van der Waals surface area contributed by atoms with E-state index in [-0.39, 0.29) is 11.9 Å². The van der Waals surface area contributed by atoms with Crippen molar-refractivity contribution in [2.75, 3.05) is 12.3 Å². The molecule has 5 heteroatoms. The Hall–Kier alpha value is -1.88. The summed E-state index contributed by atoms with van der Waals surface area (Å²) in [6.07, 6.45) is 5.55. The Morgan fingerprint density at radius 1 is 1.29 bits per heavy atom. The number of rotatable bonds is 2. The zero-order chi connectivity index (χ0) is 14.8. The van der Waals surface area contributed by atoms with Gasteiger partial charge in [-0.05, 0) is 64.7 Å². The third-order valence-corrected chi connectivity index (χ3v) is 4.57. The molecule has 1 atom stereocenters. The fraction of sp³-hybridized carbons (Fsp3) is 0.250. The van der Waals surface area contributed by atoms with Crippen molar-refractivity contribution in [2.45, 2.75) is 18.9 Å². The highest BCUT2D eigenvalue weighted by Gasteiger charge is 2.30. The first-order valence-electron chi connectivity index (χ1n) is 6.93. The molecule has 1 fully saturated rings. The van der Waals surface area contributed by atoms with Crippen LogP contribution in [0.2, 0.25) is 0 Å². The highest BCUT2D eigenvalue weighted by atomic mass is 79.9. The Morgan fingerprint density at radius 2 is 2.05 bits per heavy atom. The van der Waals surface area contributed by atoms with E-state index in [0.29, 0.717) is 11.3 Å². The van der Waals surface area contributed by atoms with Crippen LogP contribution < -0.4 is 5.73 Å². The summed E-state index contributed by atoms with van der Waals surface area (Å²) >= 11 is 3.35. The predicted molar refractivity (Wildman–Crippen MR) is 85.8 cm³/mol. The summed E-state index contributed by atoms with van der Waals surface area (Å²) in [5, 5.41) is 0. The number of benzene rings is 1. The van der Waals surface area contributed by atoms with Crippen molar-refractivity contribution in [1.82, 2.24) is 9.88 Å². The molecular weight excluding hydrogens is 330 g/mol. The quantitative estimate of drug-likeness (QED) is 0.848. The molecule has 1 unspecified atom stereocenters. The Kier molecular flexibility index (Phi) is 3.92. The van der Waals surface area contributed by atoms with Crippen LogP contribution in [0.1, 0.15) is 34.8 Å². The number of hydrogen-bond donors (Lipinski definition) is 1. The maximum absolute atomic E-state index is 12.7. The minimum atomic E-state index is 0.0357. The number of amides is 1. The molecule has 0 aliphatic carbocycles. The number of aromatic nitrogens is 1. The molecule has 0 spiro atoms. The molecule has 1 amide bonds. The summed E-state index contributed by atoms with van der Waals surface area (Å²) in [5.74, 6) is 0.0357. The number of hydrogen-bond acceptors (Lipinski definition) is 3. The van der Waals surface area contributed by atoms with Crippen LogP contribution in [0.3, 0.4) is 0 Å². The van der Waals surface area contributed by atoms with Crippen LogP contribution in [0.15, 0.2) is 47.2 Å². The molecule has 1 aliphatic rings. The number of halogens is 1. The van der Waals surface area contributed by atoms with Gasteiger partial charge in [0.05, 0.1) is 6.04 Å². The third kappa shape index (κ3) is 2.78. The molecular formula is C16H16BrN3O. The van der Waals surface area contributed by atoms with E-state index in [1.165, 1.54) is 0 Å². The van der Waals surface area contributed by atoms with E-state index in [1.807, 2.05) is 29.2 Å². The highest BCUT2D eigenvalue weighted by Crippen LogP contribution is 2.33. The van der Waals surface area contributed by atoms with Crippen LogP contribution in [0.25, 0.3) is 0 Å². The first kappa shape index (κ1) is 14.1. The number of carbonyl (C=O) groups is 1. The average molecular weight is 346 g/mol. The van der Waals surface area contributed by atoms with E-state index in [4.69, 9.17) is 5.73 Å². The van der Waals surface area contributed by atoms with Gasteiger partial charge in [0.2, 0.25) is 0 Å². The lowest BCUT2D eigenvalue weighted by atomic mass is 10.1. The smallest absolute Gasteiger partial charge is 0.254 e. The van der Waals surface area contributed by atoms with E-state index < -0.39 is 0 Å². The van der Waals surface area contributed by atoms with Crippen LogP contribution in [-0.2, 0) is 0 Å². The largest absolute Gasteiger partial charge is 0.398 e. The fourth-order valence-electron chi connectivity index (χ4n) is 2.78. The van der Waals surface area contributed by atoms with Crippen molar-refractivity contribution < 1.29 is 4.79 Å². The van der Waals surface area contributed by atoms with Crippen molar-refractivity contribution in [2.24, 2.45) is 0 Å². The third-order valence-electron chi connectivity index (χ3n) is 3.85. The van der Waals surface area contributed by atoms with Crippen LogP contribution in [0, 0.1) is 0 Å². The number of pyridine rings is 1. The Bertz CT molecular complexity index is 660. The van der Waals surface area contributed by atoms with Gasteiger partial charge in [0, 0.05) is 34.7 Å². The Balaban J connectivity index is 1.88. The summed E-state index contributed by atoms with van der Waals surface area (Å²) in [5.41, 5.74) is 8.24. The second kappa shape index (κ2) is 5.85. The molecule has 3 rings (SSSR count). The number of nitrogen functional groups attached to an aromatic ring is 1. The van der Waals surface area contributed by atoms with E-state index >= 15 is 0 Å². The number of nitrogens with two attached hydrogens (primary N) is 1. The van der Waals surface area contributed by atoms with Crippen molar-refractivity contribution >= 4 is 27.5 Å². The van der Waals surface area contributed by atoms with Gasteiger partial charge in [0.15, 0.2) is 0 Å². The van der Waals surface area contributed by atoms with Crippen LogP contribution in [0.5, 0.6) is 0 Å². The summed E-state index contributed by atoms with van der Waals surface area (Å²) < 4.78 is 0.811. The maximum Gasteiger partial charge on any atom is 0.254 e. The van der Waals surface area contributed by atoms with Gasteiger partial charge < -0.3 is 10.6 Å². The molecule has 4 nitrogen and oxygen atoms in total. The van der Waals surface area contributed by atoms with Gasteiger partial charge in [-0.3, -0.25) is 9.78 Å². The van der Waals surface area contributed by atoms with Gasteiger partial charge in [-0.2, -0.15) is 0 Å². The van der Waals surface area contributed by atoms with Gasteiger partial charge in [0.1, 0.15) is 0 Å². The van der Waals surface area contributed by atoms with Crippen molar-refractivity contribution in [1.29, 1.82) is 0 Å². The summed E-state index contributed by atoms with van der Waals surface area (Å²) in [6, 6.07) is 9.45. The van der Waals surface area contributed by atoms with E-state index in [0.717, 1.165) is 29.4 Å². The molecule has 1 saturated heterocycles. The summed E-state index contributed by atoms with van der Waals surface area (Å²) in [4.78, 5) is 18.7. The second-order valence-electron chi connectivity index (χ2n) is 5.17. The van der Waals surface area contributed by atoms with Crippen molar-refractivity contribution in [3.8, 4) is 0 Å². The number of nitrogens with zero attached hydrogens (tertiary/aromatic N) is 2. The van der Waals surface area contributed by atoms with Gasteiger partial charge in [0.25, 0.3) is 5.91 Å². The van der Waals surface area contributed by atoms with E-state index in [9.17, 15) is 4.79 Å². The highest BCUT2D eigenvalue weighted by molar-refractivity contribution is 9.10. The molecule has 0 saturated carbocycles. The molecule has 2 N–H and O–H groups in total. The lowest BCUT2D eigenvalue weighted by molar-refractivity contribution is 0.0735. The molecule has 1 aliphatic heterocycles. The molecule has 2 aromatic rings. The minimum absolute atomic E-state index is 0.0357. The van der Waals surface area contributed by atoms with E-state index in [1.54, 1.807) is 18.5 Å². The first-order valence-corrected chi connectivity index (χ1v) is 7.72. The number of carbonyl (C=O) groups excluding carboxylic acids is 1. The van der Waals surface area contributed by atoms with Crippen LogP contribution in [0.4, 0.5) is 5.69 Å². The van der Waals surface area contributed by atoms with Gasteiger partial charge >= 0.3 is 0 Å². The number of anilines is 1. The van der Waals surface area contributed by atoms with Crippen LogP contribution >= 0.6 is 15.9 Å². The van der Waals surface area contributed by atoms with Crippen molar-refractivity contribution in [3.05, 3.63) is 58.3 Å². The monoisotopic (exact) mass is 345 g/mol. The molecule has 2 heterocycles. The molecule has 108 valence electrons. The predicted octanol–water partition coefficient (Wildman–Crippen LogP) is 3.40. The number of likely N-dealkylation sites (tertiary alicyclic amines) is 1. The molecule has 0 radical (unpaired) electrons. The second-order valence-corrected chi connectivity index (χ2v) is 6.03. The fourth-order valence-corrected chi connectivity index (χ4v) is 3.03. The molecule has 1 aromatic heterocycles. The minimum Gasteiger partial charge on any atom is -0.398 e. The lowest BCUT2D eigenvalue weighted by Gasteiger charge is -2.25. The Labute approximate surface area is 132 Å². The molecule has 21 heavy (non-hydrogen) atoms. The van der Waals surface area contributed by atoms with Gasteiger partial charge in [-0.15, -0.1) is 0 Å². The van der Waals surface area contributed by atoms with Crippen LogP contribution in [-0.4, -0.2) is 22.3 Å². The van der Waals surface area contributed by atoms with Gasteiger partial charge in [-0.25, -0.2) is 0 Å². The lowest BCUT2D eigenvalue weighted by Crippen LogP contribution is -2.30. The summed E-state index contributed by atoms with van der Waals surface area (Å²) in [7, 11) is 0. The maximum atomic E-state index is 12.7. The molecule has 1 aromatic carbocycles. The standard InChI is InChI=1S/C16H16BrN3O/c17-13-4-3-12(10-14(13)18)16(21)20-9-1-2-15(20)11-5-7-19-8-6-11/h3-8,10,15H,1-2,9,18H2. The first-order chi connectivity index (χ1) is 10.2. The molecule has 0 bridgehead atoms. The Morgan fingerprint density at radius 3 is 2.76 bits per heavy atom. The topological polar surface area (TPSA) is 59.2 Å². The zero-order valence-electron chi connectivity index (χ0n) is 11.5.